The van der Waals surface area contributed by atoms with Gasteiger partial charge in [-0.15, -0.1) is 0 Å². The molecule has 0 saturated heterocycles. The zero-order valence-electron chi connectivity index (χ0n) is 17.1. The third kappa shape index (κ3) is 4.00. The summed E-state index contributed by atoms with van der Waals surface area (Å²) >= 11 is 0. The molecule has 2 aromatic rings. The van der Waals surface area contributed by atoms with E-state index in [4.69, 9.17) is 4.74 Å². The van der Waals surface area contributed by atoms with E-state index in [1.807, 2.05) is 48.5 Å². The largest absolute Gasteiger partial charge is 0.497 e. The van der Waals surface area contributed by atoms with Crippen LogP contribution >= 0.6 is 0 Å². The van der Waals surface area contributed by atoms with Gasteiger partial charge < -0.3 is 15.0 Å². The highest BCUT2D eigenvalue weighted by Crippen LogP contribution is 2.35. The van der Waals surface area contributed by atoms with Crippen LogP contribution in [0.25, 0.3) is 0 Å². The van der Waals surface area contributed by atoms with Gasteiger partial charge in [0.05, 0.1) is 7.11 Å². The van der Waals surface area contributed by atoms with Crippen molar-refractivity contribution < 1.29 is 14.3 Å². The maximum absolute atomic E-state index is 13.3. The van der Waals surface area contributed by atoms with Crippen LogP contribution in [-0.4, -0.2) is 29.9 Å². The Balaban J connectivity index is 1.56. The molecule has 2 aromatic carbocycles. The molecule has 2 aliphatic rings. The number of hydrogen-bond acceptors (Lipinski definition) is 3. The lowest BCUT2D eigenvalue weighted by Crippen LogP contribution is -2.44. The van der Waals surface area contributed by atoms with E-state index in [1.54, 1.807) is 12.0 Å². The minimum absolute atomic E-state index is 0.0728. The number of methoxy groups -OCH3 is 1. The molecule has 2 amide bonds. The van der Waals surface area contributed by atoms with E-state index < -0.39 is 6.04 Å². The fourth-order valence-corrected chi connectivity index (χ4v) is 4.43. The van der Waals surface area contributed by atoms with Gasteiger partial charge in [0.1, 0.15) is 11.8 Å². The predicted molar refractivity (Wildman–Crippen MR) is 112 cm³/mol. The first-order valence-electron chi connectivity index (χ1n) is 10.4. The van der Waals surface area contributed by atoms with Crippen LogP contribution in [0.4, 0.5) is 0 Å². The van der Waals surface area contributed by atoms with Crippen LogP contribution in [0.2, 0.25) is 0 Å². The second-order valence-corrected chi connectivity index (χ2v) is 8.24. The molecule has 1 aliphatic heterocycles. The highest BCUT2D eigenvalue weighted by atomic mass is 16.5. The maximum atomic E-state index is 13.3. The van der Waals surface area contributed by atoms with Gasteiger partial charge in [-0.2, -0.15) is 0 Å². The molecule has 1 aliphatic carbocycles. The van der Waals surface area contributed by atoms with Crippen LogP contribution < -0.4 is 10.1 Å². The summed E-state index contributed by atoms with van der Waals surface area (Å²) < 4.78 is 5.22. The van der Waals surface area contributed by atoms with Crippen molar-refractivity contribution in [1.29, 1.82) is 0 Å². The van der Waals surface area contributed by atoms with Crippen LogP contribution in [0.1, 0.15) is 60.1 Å². The van der Waals surface area contributed by atoms with E-state index in [0.717, 1.165) is 48.5 Å². The van der Waals surface area contributed by atoms with Crippen LogP contribution in [0.5, 0.6) is 5.75 Å². The third-order valence-electron chi connectivity index (χ3n) is 6.18. The minimum Gasteiger partial charge on any atom is -0.497 e. The van der Waals surface area contributed by atoms with E-state index in [1.165, 1.54) is 0 Å². The van der Waals surface area contributed by atoms with Gasteiger partial charge in [-0.25, -0.2) is 0 Å². The monoisotopic (exact) mass is 392 g/mol. The van der Waals surface area contributed by atoms with Crippen molar-refractivity contribution in [1.82, 2.24) is 10.2 Å². The lowest BCUT2D eigenvalue weighted by Gasteiger charge is -2.30. The van der Waals surface area contributed by atoms with E-state index in [0.29, 0.717) is 12.1 Å². The van der Waals surface area contributed by atoms with Crippen molar-refractivity contribution in [2.75, 3.05) is 7.11 Å². The fraction of sp³-hybridized carbons (Fsp3) is 0.417. The van der Waals surface area contributed by atoms with Crippen molar-refractivity contribution in [3.63, 3.8) is 0 Å². The number of benzene rings is 2. The number of carbonyl (C=O) groups excluding carboxylic acids is 2. The Bertz CT molecular complexity index is 885. The number of hydrogen-bond donors (Lipinski definition) is 1. The summed E-state index contributed by atoms with van der Waals surface area (Å²) in [5.41, 5.74) is 2.39. The first-order valence-corrected chi connectivity index (χ1v) is 10.4. The molecule has 1 fully saturated rings. The van der Waals surface area contributed by atoms with Crippen molar-refractivity contribution in [3.8, 4) is 5.75 Å². The summed E-state index contributed by atoms with van der Waals surface area (Å²) in [6.45, 7) is 2.65. The second-order valence-electron chi connectivity index (χ2n) is 8.24. The summed E-state index contributed by atoms with van der Waals surface area (Å²) in [5.74, 6) is 1.33. The molecule has 1 unspecified atom stereocenters. The van der Waals surface area contributed by atoms with E-state index in [9.17, 15) is 9.59 Å². The quantitative estimate of drug-likeness (QED) is 0.834. The Labute approximate surface area is 172 Å². The molecule has 1 heterocycles. The molecule has 152 valence electrons. The van der Waals surface area contributed by atoms with Crippen LogP contribution in [-0.2, 0) is 11.3 Å². The Morgan fingerprint density at radius 3 is 2.45 bits per heavy atom. The number of rotatable bonds is 5. The standard InChI is InChI=1S/C24H28N2O3/c1-16-7-11-18(12-8-16)25-23(27)22-20-5-3-4-6-21(20)24(28)26(22)15-17-9-13-19(29-2)14-10-17/h3-6,9-10,13-14,16,18,22H,7-8,11-12,15H2,1-2H3,(H,25,27). The van der Waals surface area contributed by atoms with Crippen LogP contribution in [0, 0.1) is 5.92 Å². The number of carbonyl (C=O) groups is 2. The van der Waals surface area contributed by atoms with Gasteiger partial charge >= 0.3 is 0 Å². The zero-order valence-corrected chi connectivity index (χ0v) is 17.1. The summed E-state index contributed by atoms with van der Waals surface area (Å²) in [4.78, 5) is 28.1. The van der Waals surface area contributed by atoms with E-state index >= 15 is 0 Å². The number of fused-ring (bicyclic) bond motifs is 1. The Hall–Kier alpha value is -2.82. The zero-order chi connectivity index (χ0) is 20.4. The smallest absolute Gasteiger partial charge is 0.255 e. The molecule has 0 spiro atoms. The van der Waals surface area contributed by atoms with Gasteiger partial charge in [-0.3, -0.25) is 9.59 Å². The first kappa shape index (κ1) is 19.5. The van der Waals surface area contributed by atoms with Crippen LogP contribution in [0.15, 0.2) is 48.5 Å². The molecular formula is C24H28N2O3. The summed E-state index contributed by atoms with van der Waals surface area (Å²) in [7, 11) is 1.63. The molecule has 1 saturated carbocycles. The molecule has 1 N–H and O–H groups in total. The summed E-state index contributed by atoms with van der Waals surface area (Å²) in [5, 5.41) is 3.22. The highest BCUT2D eigenvalue weighted by molar-refractivity contribution is 6.04. The van der Waals surface area contributed by atoms with E-state index in [2.05, 4.69) is 12.2 Å². The average Bonchev–Trinajstić information content (AvgIpc) is 3.02. The number of nitrogens with zero attached hydrogens (tertiary/aromatic N) is 1. The second kappa shape index (κ2) is 8.27. The molecule has 0 bridgehead atoms. The molecule has 1 atom stereocenters. The first-order chi connectivity index (χ1) is 14.1. The molecule has 0 radical (unpaired) electrons. The predicted octanol–water partition coefficient (Wildman–Crippen LogP) is 4.09. The van der Waals surface area contributed by atoms with Crippen LogP contribution in [0.3, 0.4) is 0 Å². The fourth-order valence-electron chi connectivity index (χ4n) is 4.43. The maximum Gasteiger partial charge on any atom is 0.255 e. The molecule has 4 rings (SSSR count). The Morgan fingerprint density at radius 1 is 1.07 bits per heavy atom. The van der Waals surface area contributed by atoms with Crippen molar-refractivity contribution in [3.05, 3.63) is 65.2 Å². The van der Waals surface area contributed by atoms with Crippen molar-refractivity contribution in [2.24, 2.45) is 5.92 Å². The van der Waals surface area contributed by atoms with Gasteiger partial charge in [0, 0.05) is 18.2 Å². The molecule has 5 heteroatoms. The lowest BCUT2D eigenvalue weighted by molar-refractivity contribution is -0.126. The lowest BCUT2D eigenvalue weighted by atomic mass is 9.87. The van der Waals surface area contributed by atoms with Gasteiger partial charge in [0.25, 0.3) is 5.91 Å². The van der Waals surface area contributed by atoms with E-state index in [-0.39, 0.29) is 17.9 Å². The Morgan fingerprint density at radius 2 is 1.76 bits per heavy atom. The van der Waals surface area contributed by atoms with Gasteiger partial charge in [-0.1, -0.05) is 37.3 Å². The molecule has 29 heavy (non-hydrogen) atoms. The average molecular weight is 392 g/mol. The molecule has 0 aromatic heterocycles. The number of amides is 2. The minimum atomic E-state index is -0.583. The topological polar surface area (TPSA) is 58.6 Å². The highest BCUT2D eigenvalue weighted by Gasteiger charge is 2.41. The van der Waals surface area contributed by atoms with Gasteiger partial charge in [0.15, 0.2) is 0 Å². The summed E-state index contributed by atoms with van der Waals surface area (Å²) in [6.07, 6.45) is 4.29. The SMILES string of the molecule is COc1ccc(CN2C(=O)c3ccccc3C2C(=O)NC2CCC(C)CC2)cc1. The molecule has 5 nitrogen and oxygen atoms in total. The van der Waals surface area contributed by atoms with Gasteiger partial charge in [-0.05, 0) is 60.9 Å². The third-order valence-corrected chi connectivity index (χ3v) is 6.18. The van der Waals surface area contributed by atoms with Crippen molar-refractivity contribution >= 4 is 11.8 Å². The van der Waals surface area contributed by atoms with Gasteiger partial charge in [0.2, 0.25) is 5.91 Å². The molecular weight excluding hydrogens is 364 g/mol. The van der Waals surface area contributed by atoms with Crippen molar-refractivity contribution in [2.45, 2.75) is 51.2 Å². The Kier molecular flexibility index (Phi) is 5.56. The summed E-state index contributed by atoms with van der Waals surface area (Å²) in [6, 6.07) is 14.7. The normalized spacial score (nSPS) is 23.6. The number of nitrogens with one attached hydrogen (secondary N) is 1. The number of ether oxygens (including phenoxy) is 1.